The molecule has 0 aliphatic heterocycles. The number of hydrogen-bond donors (Lipinski definition) is 2. The van der Waals surface area contributed by atoms with Crippen LogP contribution in [0.25, 0.3) is 0 Å². The number of aryl methyl sites for hydroxylation is 1. The van der Waals surface area contributed by atoms with Crippen LogP contribution in [0.4, 0.5) is 0 Å². The summed E-state index contributed by atoms with van der Waals surface area (Å²) in [5.74, 6) is 0.596. The Hall–Kier alpha value is -1.63. The third-order valence-corrected chi connectivity index (χ3v) is 3.15. The maximum atomic E-state index is 11.2. The number of aromatic nitrogens is 1. The van der Waals surface area contributed by atoms with E-state index >= 15 is 0 Å². The van der Waals surface area contributed by atoms with Gasteiger partial charge in [-0.2, -0.15) is 0 Å². The molecule has 0 radical (unpaired) electrons. The second kappa shape index (κ2) is 6.95. The number of nitrogens with one attached hydrogen (secondary N) is 2. The maximum Gasteiger partial charge on any atom is 0.239 e. The van der Waals surface area contributed by atoms with Crippen molar-refractivity contribution in [2.24, 2.45) is 4.99 Å². The maximum absolute atomic E-state index is 11.2. The second-order valence-corrected chi connectivity index (χ2v) is 4.85. The van der Waals surface area contributed by atoms with Crippen LogP contribution < -0.4 is 10.6 Å². The number of guanidine groups is 1. The Morgan fingerprint density at radius 1 is 1.61 bits per heavy atom. The molecule has 0 aliphatic carbocycles. The van der Waals surface area contributed by atoms with Gasteiger partial charge >= 0.3 is 0 Å². The standard InChI is InChI=1S/C11H19N5OS/c1-8-15-9(7-18-8)6-16(4)11(13-3)14-5-10(17)12-2/h7H,5-6H2,1-4H3,(H,12,17)(H,13,14). The first-order valence-corrected chi connectivity index (χ1v) is 6.48. The largest absolute Gasteiger partial charge is 0.358 e. The molecule has 1 amide bonds. The van der Waals surface area contributed by atoms with E-state index in [2.05, 4.69) is 20.6 Å². The van der Waals surface area contributed by atoms with E-state index in [0.717, 1.165) is 10.7 Å². The molecule has 1 heterocycles. The second-order valence-electron chi connectivity index (χ2n) is 3.79. The van der Waals surface area contributed by atoms with Gasteiger partial charge in [-0.1, -0.05) is 0 Å². The fourth-order valence-electron chi connectivity index (χ4n) is 1.43. The van der Waals surface area contributed by atoms with E-state index in [4.69, 9.17) is 0 Å². The van der Waals surface area contributed by atoms with Crippen LogP contribution in [0.1, 0.15) is 10.7 Å². The van der Waals surface area contributed by atoms with Crippen molar-refractivity contribution < 1.29 is 4.79 Å². The lowest BCUT2D eigenvalue weighted by Gasteiger charge is -2.20. The van der Waals surface area contributed by atoms with Crippen molar-refractivity contribution in [3.8, 4) is 0 Å². The highest BCUT2D eigenvalue weighted by Gasteiger charge is 2.09. The summed E-state index contributed by atoms with van der Waals surface area (Å²) in [6, 6.07) is 0. The number of nitrogens with zero attached hydrogens (tertiary/aromatic N) is 3. The molecule has 1 aromatic rings. The van der Waals surface area contributed by atoms with Crippen LogP contribution in [0, 0.1) is 6.92 Å². The van der Waals surface area contributed by atoms with E-state index in [0.29, 0.717) is 12.5 Å². The SMILES string of the molecule is CN=C(NCC(=O)NC)N(C)Cc1csc(C)n1. The number of rotatable bonds is 4. The minimum atomic E-state index is -0.0750. The predicted molar refractivity (Wildman–Crippen MR) is 73.7 cm³/mol. The quantitative estimate of drug-likeness (QED) is 0.605. The summed E-state index contributed by atoms with van der Waals surface area (Å²) in [4.78, 5) is 21.6. The summed E-state index contributed by atoms with van der Waals surface area (Å²) >= 11 is 1.63. The van der Waals surface area contributed by atoms with Gasteiger partial charge in [0.15, 0.2) is 5.96 Å². The Morgan fingerprint density at radius 3 is 2.83 bits per heavy atom. The molecular formula is C11H19N5OS. The molecule has 100 valence electrons. The zero-order valence-electron chi connectivity index (χ0n) is 11.1. The summed E-state index contributed by atoms with van der Waals surface area (Å²) in [7, 11) is 5.21. The van der Waals surface area contributed by atoms with Crippen LogP contribution in [-0.2, 0) is 11.3 Å². The highest BCUT2D eigenvalue weighted by molar-refractivity contribution is 7.09. The summed E-state index contributed by atoms with van der Waals surface area (Å²) in [6.45, 7) is 2.86. The van der Waals surface area contributed by atoms with Crippen molar-refractivity contribution in [3.05, 3.63) is 16.1 Å². The minimum Gasteiger partial charge on any atom is -0.358 e. The first-order valence-electron chi connectivity index (χ1n) is 5.60. The molecule has 0 fully saturated rings. The Morgan fingerprint density at radius 2 is 2.33 bits per heavy atom. The van der Waals surface area contributed by atoms with Crippen LogP contribution in [0.15, 0.2) is 10.4 Å². The zero-order valence-corrected chi connectivity index (χ0v) is 12.0. The number of likely N-dealkylation sites (N-methyl/N-ethyl adjacent to an activating group) is 1. The van der Waals surface area contributed by atoms with Gasteiger partial charge in [0.2, 0.25) is 5.91 Å². The van der Waals surface area contributed by atoms with E-state index in [9.17, 15) is 4.79 Å². The molecule has 0 unspecified atom stereocenters. The van der Waals surface area contributed by atoms with Gasteiger partial charge in [-0.15, -0.1) is 11.3 Å². The molecule has 1 aromatic heterocycles. The van der Waals surface area contributed by atoms with E-state index in [1.807, 2.05) is 24.3 Å². The van der Waals surface area contributed by atoms with Crippen molar-refractivity contribution >= 4 is 23.2 Å². The molecule has 0 bridgehead atoms. The van der Waals surface area contributed by atoms with Crippen LogP contribution >= 0.6 is 11.3 Å². The molecular weight excluding hydrogens is 250 g/mol. The van der Waals surface area contributed by atoms with E-state index in [1.54, 1.807) is 25.4 Å². The first-order chi connectivity index (χ1) is 8.56. The third-order valence-electron chi connectivity index (χ3n) is 2.33. The molecule has 1 rings (SSSR count). The number of hydrogen-bond acceptors (Lipinski definition) is 4. The fourth-order valence-corrected chi connectivity index (χ4v) is 2.03. The highest BCUT2D eigenvalue weighted by Crippen LogP contribution is 2.09. The normalized spacial score (nSPS) is 11.2. The molecule has 0 aromatic carbocycles. The number of carbonyl (C=O) groups excluding carboxylic acids is 1. The molecule has 0 saturated heterocycles. The van der Waals surface area contributed by atoms with Crippen molar-refractivity contribution in [2.45, 2.75) is 13.5 Å². The van der Waals surface area contributed by atoms with Crippen LogP contribution in [0.5, 0.6) is 0 Å². The molecule has 0 aliphatic rings. The summed E-state index contributed by atoms with van der Waals surface area (Å²) in [5, 5.41) is 8.61. The minimum absolute atomic E-state index is 0.0750. The van der Waals surface area contributed by atoms with Gasteiger partial charge in [0, 0.05) is 26.5 Å². The summed E-state index contributed by atoms with van der Waals surface area (Å²) < 4.78 is 0. The lowest BCUT2D eigenvalue weighted by atomic mass is 10.4. The molecule has 7 heteroatoms. The average Bonchev–Trinajstić information content (AvgIpc) is 2.75. The van der Waals surface area contributed by atoms with Gasteiger partial charge in [0.25, 0.3) is 0 Å². The number of amides is 1. The van der Waals surface area contributed by atoms with Gasteiger partial charge in [0.1, 0.15) is 0 Å². The van der Waals surface area contributed by atoms with Crippen molar-refractivity contribution in [2.75, 3.05) is 27.7 Å². The van der Waals surface area contributed by atoms with E-state index < -0.39 is 0 Å². The van der Waals surface area contributed by atoms with Crippen LogP contribution in [0.2, 0.25) is 0 Å². The van der Waals surface area contributed by atoms with Crippen molar-refractivity contribution in [1.82, 2.24) is 20.5 Å². The average molecular weight is 269 g/mol. The third kappa shape index (κ3) is 4.33. The van der Waals surface area contributed by atoms with Gasteiger partial charge in [-0.25, -0.2) is 4.98 Å². The molecule has 2 N–H and O–H groups in total. The predicted octanol–water partition coefficient (Wildman–Crippen LogP) is 0.205. The lowest BCUT2D eigenvalue weighted by Crippen LogP contribution is -2.43. The molecule has 0 spiro atoms. The Labute approximate surface area is 111 Å². The highest BCUT2D eigenvalue weighted by atomic mass is 32.1. The number of aliphatic imine (C=N–C) groups is 1. The van der Waals surface area contributed by atoms with Crippen molar-refractivity contribution in [3.63, 3.8) is 0 Å². The topological polar surface area (TPSA) is 69.6 Å². The lowest BCUT2D eigenvalue weighted by molar-refractivity contribution is -0.119. The van der Waals surface area contributed by atoms with Crippen LogP contribution in [0.3, 0.4) is 0 Å². The Bertz CT molecular complexity index is 429. The summed E-state index contributed by atoms with van der Waals surface area (Å²) in [6.07, 6.45) is 0. The van der Waals surface area contributed by atoms with Crippen molar-refractivity contribution in [1.29, 1.82) is 0 Å². The Kier molecular flexibility index (Phi) is 5.57. The molecule has 6 nitrogen and oxygen atoms in total. The smallest absolute Gasteiger partial charge is 0.239 e. The zero-order chi connectivity index (χ0) is 13.5. The van der Waals surface area contributed by atoms with Gasteiger partial charge in [0.05, 0.1) is 23.8 Å². The fraction of sp³-hybridized carbons (Fsp3) is 0.545. The van der Waals surface area contributed by atoms with Gasteiger partial charge < -0.3 is 15.5 Å². The number of thiazole rings is 1. The van der Waals surface area contributed by atoms with Crippen LogP contribution in [-0.4, -0.2) is 49.4 Å². The molecule has 0 saturated carbocycles. The summed E-state index contributed by atoms with van der Waals surface area (Å²) in [5.41, 5.74) is 1.00. The van der Waals surface area contributed by atoms with Gasteiger partial charge in [-0.3, -0.25) is 9.79 Å². The Balaban J connectivity index is 2.52. The monoisotopic (exact) mass is 269 g/mol. The molecule has 0 atom stereocenters. The first kappa shape index (κ1) is 14.4. The van der Waals surface area contributed by atoms with E-state index in [-0.39, 0.29) is 12.5 Å². The number of carbonyl (C=O) groups is 1. The van der Waals surface area contributed by atoms with E-state index in [1.165, 1.54) is 0 Å². The molecule has 18 heavy (non-hydrogen) atoms. The van der Waals surface area contributed by atoms with Gasteiger partial charge in [-0.05, 0) is 6.92 Å².